The number of rotatable bonds is 6. The van der Waals surface area contributed by atoms with Crippen LogP contribution in [0.1, 0.15) is 41.6 Å². The Hall–Kier alpha value is -2.47. The number of carbonyl (C=O) groups excluding carboxylic acids is 1. The molecule has 0 unspecified atom stereocenters. The van der Waals surface area contributed by atoms with E-state index in [0.717, 1.165) is 27.3 Å². The second kappa shape index (κ2) is 7.83. The van der Waals surface area contributed by atoms with Gasteiger partial charge in [-0.3, -0.25) is 9.59 Å². The summed E-state index contributed by atoms with van der Waals surface area (Å²) in [5, 5.41) is 0.658. The van der Waals surface area contributed by atoms with Crippen LogP contribution in [0.3, 0.4) is 0 Å². The maximum atomic E-state index is 12.6. The summed E-state index contributed by atoms with van der Waals surface area (Å²) in [6.07, 6.45) is 1.27. The average molecular weight is 369 g/mol. The Morgan fingerprint density at radius 3 is 2.62 bits per heavy atom. The van der Waals surface area contributed by atoms with E-state index in [0.29, 0.717) is 30.7 Å². The molecule has 0 aliphatic heterocycles. The minimum Gasteiger partial charge on any atom is -0.331 e. The van der Waals surface area contributed by atoms with E-state index in [1.165, 1.54) is 11.3 Å². The van der Waals surface area contributed by atoms with Crippen LogP contribution in [0, 0.1) is 13.8 Å². The van der Waals surface area contributed by atoms with Crippen molar-refractivity contribution in [3.63, 3.8) is 0 Å². The van der Waals surface area contributed by atoms with Crippen molar-refractivity contribution >= 4 is 27.5 Å². The zero-order chi connectivity index (χ0) is 18.7. The fraction of sp³-hybridized carbons (Fsp3) is 0.350. The lowest BCUT2D eigenvalue weighted by Gasteiger charge is -2.22. The van der Waals surface area contributed by atoms with E-state index in [-0.39, 0.29) is 11.5 Å². The van der Waals surface area contributed by atoms with Gasteiger partial charge < -0.3 is 9.88 Å². The van der Waals surface area contributed by atoms with E-state index in [2.05, 4.69) is 9.97 Å². The number of aryl methyl sites for hydroxylation is 2. The third kappa shape index (κ3) is 3.85. The van der Waals surface area contributed by atoms with Crippen molar-refractivity contribution < 1.29 is 4.79 Å². The van der Waals surface area contributed by atoms with Gasteiger partial charge in [-0.05, 0) is 31.4 Å². The molecule has 3 rings (SSSR count). The predicted molar refractivity (Wildman–Crippen MR) is 105 cm³/mol. The molecule has 0 bridgehead atoms. The second-order valence-electron chi connectivity index (χ2n) is 6.46. The van der Waals surface area contributed by atoms with E-state index in [1.807, 2.05) is 51.1 Å². The first kappa shape index (κ1) is 18.3. The third-order valence-electron chi connectivity index (χ3n) is 4.46. The number of nitrogens with zero attached hydrogens (tertiary/aromatic N) is 2. The number of amides is 1. The minimum atomic E-state index is -0.130. The molecule has 136 valence electrons. The van der Waals surface area contributed by atoms with Gasteiger partial charge in [0.05, 0.1) is 11.9 Å². The van der Waals surface area contributed by atoms with Crippen LogP contribution in [-0.2, 0) is 17.9 Å². The van der Waals surface area contributed by atoms with E-state index in [1.54, 1.807) is 4.90 Å². The van der Waals surface area contributed by atoms with E-state index in [4.69, 9.17) is 0 Å². The summed E-state index contributed by atoms with van der Waals surface area (Å²) in [6, 6.07) is 9.87. The molecule has 0 aliphatic carbocycles. The van der Waals surface area contributed by atoms with E-state index < -0.39 is 0 Å². The summed E-state index contributed by atoms with van der Waals surface area (Å²) in [4.78, 5) is 36.1. The molecule has 1 N–H and O–H groups in total. The van der Waals surface area contributed by atoms with Crippen molar-refractivity contribution in [3.05, 3.63) is 62.5 Å². The van der Waals surface area contributed by atoms with Gasteiger partial charge in [0.25, 0.3) is 5.56 Å². The summed E-state index contributed by atoms with van der Waals surface area (Å²) in [6.45, 7) is 6.73. The fourth-order valence-corrected chi connectivity index (χ4v) is 4.01. The molecule has 1 aromatic carbocycles. The van der Waals surface area contributed by atoms with Gasteiger partial charge in [0.1, 0.15) is 10.7 Å². The molecule has 0 fully saturated rings. The van der Waals surface area contributed by atoms with Gasteiger partial charge in [0, 0.05) is 17.8 Å². The summed E-state index contributed by atoms with van der Waals surface area (Å²) in [5.41, 5.74) is 1.91. The lowest BCUT2D eigenvalue weighted by Crippen LogP contribution is -2.31. The normalized spacial score (nSPS) is 11.0. The Bertz CT molecular complexity index is 976. The number of carbonyl (C=O) groups is 1. The zero-order valence-corrected chi connectivity index (χ0v) is 16.2. The summed E-state index contributed by atoms with van der Waals surface area (Å²) in [7, 11) is 0. The Morgan fingerprint density at radius 2 is 1.92 bits per heavy atom. The van der Waals surface area contributed by atoms with Crippen LogP contribution in [0.15, 0.2) is 35.1 Å². The molecule has 0 spiro atoms. The highest BCUT2D eigenvalue weighted by Crippen LogP contribution is 2.25. The SMILES string of the molecule is CCCC(=O)N(Cc1ccccc1)Cc1nc2sc(C)c(C)c2c(=O)[nH]1. The van der Waals surface area contributed by atoms with Gasteiger partial charge in [-0.1, -0.05) is 37.3 Å². The first-order valence-electron chi connectivity index (χ1n) is 8.80. The quantitative estimate of drug-likeness (QED) is 0.716. The second-order valence-corrected chi connectivity index (χ2v) is 7.66. The number of hydrogen-bond acceptors (Lipinski definition) is 4. The van der Waals surface area contributed by atoms with Crippen LogP contribution in [-0.4, -0.2) is 20.8 Å². The van der Waals surface area contributed by atoms with E-state index in [9.17, 15) is 9.59 Å². The maximum Gasteiger partial charge on any atom is 0.259 e. The number of benzene rings is 1. The molecule has 0 atom stereocenters. The molecule has 6 heteroatoms. The largest absolute Gasteiger partial charge is 0.331 e. The van der Waals surface area contributed by atoms with Crippen molar-refractivity contribution in [2.24, 2.45) is 0 Å². The van der Waals surface area contributed by atoms with Crippen LogP contribution in [0.25, 0.3) is 10.2 Å². The van der Waals surface area contributed by atoms with Crippen molar-refractivity contribution in [1.82, 2.24) is 14.9 Å². The number of aromatic amines is 1. The van der Waals surface area contributed by atoms with Gasteiger partial charge in [-0.15, -0.1) is 11.3 Å². The molecule has 3 aromatic rings. The Balaban J connectivity index is 1.92. The number of hydrogen-bond donors (Lipinski definition) is 1. The monoisotopic (exact) mass is 369 g/mol. The van der Waals surface area contributed by atoms with Gasteiger partial charge in [0.15, 0.2) is 0 Å². The Kier molecular flexibility index (Phi) is 5.52. The van der Waals surface area contributed by atoms with Crippen molar-refractivity contribution in [2.45, 2.75) is 46.7 Å². The molecule has 0 saturated heterocycles. The molecule has 0 radical (unpaired) electrons. The maximum absolute atomic E-state index is 12.6. The lowest BCUT2D eigenvalue weighted by molar-refractivity contribution is -0.132. The lowest BCUT2D eigenvalue weighted by atomic mass is 10.2. The molecule has 26 heavy (non-hydrogen) atoms. The van der Waals surface area contributed by atoms with Crippen molar-refractivity contribution in [1.29, 1.82) is 0 Å². The number of fused-ring (bicyclic) bond motifs is 1. The number of aromatic nitrogens is 2. The minimum absolute atomic E-state index is 0.0673. The Labute approximate surface area is 156 Å². The molecule has 0 aliphatic rings. The van der Waals surface area contributed by atoms with E-state index >= 15 is 0 Å². The Morgan fingerprint density at radius 1 is 1.19 bits per heavy atom. The number of thiophene rings is 1. The van der Waals surface area contributed by atoms with Gasteiger partial charge in [-0.25, -0.2) is 4.98 Å². The zero-order valence-electron chi connectivity index (χ0n) is 15.3. The van der Waals surface area contributed by atoms with Crippen molar-refractivity contribution in [3.8, 4) is 0 Å². The molecule has 2 heterocycles. The summed E-state index contributed by atoms with van der Waals surface area (Å²) in [5.74, 6) is 0.599. The first-order valence-corrected chi connectivity index (χ1v) is 9.61. The van der Waals surface area contributed by atoms with Crippen LogP contribution < -0.4 is 5.56 Å². The molecule has 2 aromatic heterocycles. The smallest absolute Gasteiger partial charge is 0.259 e. The topological polar surface area (TPSA) is 66.1 Å². The van der Waals surface area contributed by atoms with Gasteiger partial charge >= 0.3 is 0 Å². The highest BCUT2D eigenvalue weighted by atomic mass is 32.1. The molecule has 0 saturated carbocycles. The summed E-state index contributed by atoms with van der Waals surface area (Å²) >= 11 is 1.52. The van der Waals surface area contributed by atoms with Gasteiger partial charge in [0.2, 0.25) is 5.91 Å². The highest BCUT2D eigenvalue weighted by Gasteiger charge is 2.17. The van der Waals surface area contributed by atoms with Crippen LogP contribution >= 0.6 is 11.3 Å². The standard InChI is InChI=1S/C20H23N3O2S/c1-4-8-17(24)23(11-15-9-6-5-7-10-15)12-16-21-19(25)18-13(2)14(3)26-20(18)22-16/h5-7,9-10H,4,8,11-12H2,1-3H3,(H,21,22,25). The predicted octanol–water partition coefficient (Wildman–Crippen LogP) is 3.93. The molecular formula is C20H23N3O2S. The molecule has 1 amide bonds. The van der Waals surface area contributed by atoms with Crippen LogP contribution in [0.2, 0.25) is 0 Å². The fourth-order valence-electron chi connectivity index (χ4n) is 2.96. The van der Waals surface area contributed by atoms with Crippen molar-refractivity contribution in [2.75, 3.05) is 0 Å². The average Bonchev–Trinajstić information content (AvgIpc) is 2.90. The van der Waals surface area contributed by atoms with Gasteiger partial charge in [-0.2, -0.15) is 0 Å². The number of H-pyrrole nitrogens is 1. The van der Waals surface area contributed by atoms with Crippen LogP contribution in [0.5, 0.6) is 0 Å². The first-order chi connectivity index (χ1) is 12.5. The van der Waals surface area contributed by atoms with Crippen LogP contribution in [0.4, 0.5) is 0 Å². The third-order valence-corrected chi connectivity index (χ3v) is 5.56. The molecular weight excluding hydrogens is 346 g/mol. The molecule has 5 nitrogen and oxygen atoms in total. The number of nitrogens with one attached hydrogen (secondary N) is 1. The summed E-state index contributed by atoms with van der Waals surface area (Å²) < 4.78 is 0. The highest BCUT2D eigenvalue weighted by molar-refractivity contribution is 7.18.